The lowest BCUT2D eigenvalue weighted by Crippen LogP contribution is -2.25. The second-order valence-corrected chi connectivity index (χ2v) is 4.80. The Kier molecular flexibility index (Phi) is 5.19. The maximum atomic E-state index is 11.6. The van der Waals surface area contributed by atoms with Gasteiger partial charge in [-0.2, -0.15) is 0 Å². The molecule has 4 heteroatoms. The van der Waals surface area contributed by atoms with Crippen LogP contribution in [0.3, 0.4) is 0 Å². The maximum Gasteiger partial charge on any atom is 0.246 e. The van der Waals surface area contributed by atoms with Crippen molar-refractivity contribution in [3.8, 4) is 0 Å². The molecule has 1 amide bonds. The van der Waals surface area contributed by atoms with Gasteiger partial charge in [0.2, 0.25) is 5.91 Å². The van der Waals surface area contributed by atoms with Gasteiger partial charge in [0.15, 0.2) is 0 Å². The quantitative estimate of drug-likeness (QED) is 0.739. The molecule has 0 aromatic carbocycles. The number of unbranched alkanes of at least 4 members (excludes halogenated alkanes) is 1. The van der Waals surface area contributed by atoms with Crippen LogP contribution in [-0.2, 0) is 4.79 Å². The van der Waals surface area contributed by atoms with E-state index >= 15 is 0 Å². The van der Waals surface area contributed by atoms with Gasteiger partial charge in [-0.1, -0.05) is 13.3 Å². The Morgan fingerprint density at radius 2 is 2.38 bits per heavy atom. The summed E-state index contributed by atoms with van der Waals surface area (Å²) < 4.78 is 0. The zero-order chi connectivity index (χ0) is 12.0. The first-order chi connectivity index (χ1) is 7.63. The summed E-state index contributed by atoms with van der Waals surface area (Å²) in [5.41, 5.74) is 0.861. The number of likely N-dealkylation sites (N-methyl/N-ethyl adjacent to an activating group) is 1. The highest BCUT2D eigenvalue weighted by atomic mass is 32.1. The number of hydrogen-bond donors (Lipinski definition) is 0. The Labute approximate surface area is 101 Å². The van der Waals surface area contributed by atoms with Gasteiger partial charge in [-0.25, -0.2) is 4.98 Å². The molecule has 1 aromatic rings. The molecule has 88 valence electrons. The number of carbonyl (C=O) groups is 1. The van der Waals surface area contributed by atoms with Crippen LogP contribution in [0.15, 0.2) is 11.5 Å². The van der Waals surface area contributed by atoms with E-state index in [9.17, 15) is 4.79 Å². The van der Waals surface area contributed by atoms with Crippen LogP contribution >= 0.6 is 11.3 Å². The van der Waals surface area contributed by atoms with Crippen LogP contribution in [0, 0.1) is 6.92 Å². The number of hydrogen-bond acceptors (Lipinski definition) is 3. The second-order valence-electron chi connectivity index (χ2n) is 3.74. The number of aromatic nitrogens is 1. The van der Waals surface area contributed by atoms with Crippen molar-refractivity contribution in [2.75, 3.05) is 13.6 Å². The van der Waals surface area contributed by atoms with Gasteiger partial charge < -0.3 is 4.90 Å². The third-order valence-electron chi connectivity index (χ3n) is 2.26. The molecule has 0 radical (unpaired) electrons. The van der Waals surface area contributed by atoms with E-state index in [2.05, 4.69) is 11.9 Å². The summed E-state index contributed by atoms with van der Waals surface area (Å²) in [6.45, 7) is 4.89. The van der Waals surface area contributed by atoms with Crippen LogP contribution in [0.1, 0.15) is 30.5 Å². The number of nitrogens with zero attached hydrogens (tertiary/aromatic N) is 2. The predicted molar refractivity (Wildman–Crippen MR) is 68.4 cm³/mol. The Bertz CT molecular complexity index is 371. The van der Waals surface area contributed by atoms with Crippen molar-refractivity contribution >= 4 is 23.3 Å². The molecule has 0 fully saturated rings. The van der Waals surface area contributed by atoms with Gasteiger partial charge in [-0.15, -0.1) is 11.3 Å². The molecule has 0 bridgehead atoms. The van der Waals surface area contributed by atoms with Crippen molar-refractivity contribution in [2.45, 2.75) is 26.7 Å². The van der Waals surface area contributed by atoms with Crippen LogP contribution in [0.5, 0.6) is 0 Å². The Hall–Kier alpha value is -1.16. The van der Waals surface area contributed by atoms with Crippen molar-refractivity contribution < 1.29 is 4.79 Å². The van der Waals surface area contributed by atoms with E-state index in [-0.39, 0.29) is 5.91 Å². The van der Waals surface area contributed by atoms with Crippen molar-refractivity contribution in [1.29, 1.82) is 0 Å². The number of aryl methyl sites for hydroxylation is 1. The van der Waals surface area contributed by atoms with Gasteiger partial charge >= 0.3 is 0 Å². The van der Waals surface area contributed by atoms with Crippen LogP contribution in [0.2, 0.25) is 0 Å². The molecule has 0 saturated heterocycles. The molecule has 1 aromatic heterocycles. The second kappa shape index (κ2) is 6.43. The molecule has 3 nitrogen and oxygen atoms in total. The average molecular weight is 238 g/mol. The lowest BCUT2D eigenvalue weighted by atomic mass is 10.3. The van der Waals surface area contributed by atoms with Gasteiger partial charge in [0.1, 0.15) is 0 Å². The highest BCUT2D eigenvalue weighted by Crippen LogP contribution is 2.09. The third kappa shape index (κ3) is 4.14. The fourth-order valence-corrected chi connectivity index (χ4v) is 1.83. The van der Waals surface area contributed by atoms with Gasteiger partial charge in [-0.05, 0) is 19.4 Å². The summed E-state index contributed by atoms with van der Waals surface area (Å²) in [5.74, 6) is 0.0408. The topological polar surface area (TPSA) is 33.2 Å². The highest BCUT2D eigenvalue weighted by Gasteiger charge is 2.03. The van der Waals surface area contributed by atoms with E-state index in [1.165, 1.54) is 0 Å². The Balaban J connectivity index is 2.47. The van der Waals surface area contributed by atoms with Crippen molar-refractivity contribution in [1.82, 2.24) is 9.88 Å². The lowest BCUT2D eigenvalue weighted by Gasteiger charge is -2.13. The van der Waals surface area contributed by atoms with Crippen LogP contribution in [0.25, 0.3) is 6.08 Å². The SMILES string of the molecule is CCCCN(C)C(=O)/C=C/c1csc(C)n1. The minimum atomic E-state index is 0.0408. The summed E-state index contributed by atoms with van der Waals surface area (Å²) >= 11 is 1.59. The molecule has 0 aliphatic heterocycles. The smallest absolute Gasteiger partial charge is 0.246 e. The first-order valence-corrected chi connectivity index (χ1v) is 6.36. The van der Waals surface area contributed by atoms with Crippen molar-refractivity contribution in [3.05, 3.63) is 22.2 Å². The molecule has 0 saturated carbocycles. The number of rotatable bonds is 5. The van der Waals surface area contributed by atoms with E-state index in [0.717, 1.165) is 30.1 Å². The molecule has 0 atom stereocenters. The third-order valence-corrected chi connectivity index (χ3v) is 3.05. The van der Waals surface area contributed by atoms with E-state index in [1.54, 1.807) is 28.4 Å². The standard InChI is InChI=1S/C12H18N2OS/c1-4-5-8-14(3)12(15)7-6-11-9-16-10(2)13-11/h6-7,9H,4-5,8H2,1-3H3/b7-6+. The Morgan fingerprint density at radius 1 is 1.62 bits per heavy atom. The first kappa shape index (κ1) is 12.9. The number of carbonyl (C=O) groups excluding carboxylic acids is 1. The summed E-state index contributed by atoms with van der Waals surface area (Å²) in [4.78, 5) is 17.6. The van der Waals surface area contributed by atoms with E-state index in [0.29, 0.717) is 0 Å². The van der Waals surface area contributed by atoms with Gasteiger partial charge in [0.05, 0.1) is 10.7 Å². The van der Waals surface area contributed by atoms with Gasteiger partial charge in [-0.3, -0.25) is 4.79 Å². The molecule has 1 rings (SSSR count). The zero-order valence-electron chi connectivity index (χ0n) is 10.1. The molecule has 16 heavy (non-hydrogen) atoms. The lowest BCUT2D eigenvalue weighted by molar-refractivity contribution is -0.124. The predicted octanol–water partition coefficient (Wildman–Crippen LogP) is 2.72. The van der Waals surface area contributed by atoms with E-state index in [1.807, 2.05) is 19.4 Å². The molecular formula is C12H18N2OS. The van der Waals surface area contributed by atoms with Crippen LogP contribution < -0.4 is 0 Å². The van der Waals surface area contributed by atoms with Crippen molar-refractivity contribution in [3.63, 3.8) is 0 Å². The molecule has 0 aliphatic rings. The summed E-state index contributed by atoms with van der Waals surface area (Å²) in [6.07, 6.45) is 5.51. The largest absolute Gasteiger partial charge is 0.342 e. The fraction of sp³-hybridized carbons (Fsp3) is 0.500. The minimum Gasteiger partial charge on any atom is -0.342 e. The summed E-state index contributed by atoms with van der Waals surface area (Å²) in [7, 11) is 1.83. The molecule has 0 aliphatic carbocycles. The first-order valence-electron chi connectivity index (χ1n) is 5.48. The minimum absolute atomic E-state index is 0.0408. The van der Waals surface area contributed by atoms with Crippen LogP contribution in [-0.4, -0.2) is 29.4 Å². The molecular weight excluding hydrogens is 220 g/mol. The fourth-order valence-electron chi connectivity index (χ4n) is 1.25. The van der Waals surface area contributed by atoms with Gasteiger partial charge in [0.25, 0.3) is 0 Å². The highest BCUT2D eigenvalue weighted by molar-refractivity contribution is 7.09. The van der Waals surface area contributed by atoms with E-state index < -0.39 is 0 Å². The summed E-state index contributed by atoms with van der Waals surface area (Å²) in [6, 6.07) is 0. The molecule has 1 heterocycles. The molecule has 0 N–H and O–H groups in total. The molecule has 0 spiro atoms. The molecule has 0 unspecified atom stereocenters. The zero-order valence-corrected chi connectivity index (χ0v) is 10.9. The number of thiazole rings is 1. The number of amides is 1. The van der Waals surface area contributed by atoms with E-state index in [4.69, 9.17) is 0 Å². The Morgan fingerprint density at radius 3 is 2.94 bits per heavy atom. The van der Waals surface area contributed by atoms with Crippen LogP contribution in [0.4, 0.5) is 0 Å². The maximum absolute atomic E-state index is 11.6. The monoisotopic (exact) mass is 238 g/mol. The van der Waals surface area contributed by atoms with Gasteiger partial charge in [0, 0.05) is 25.0 Å². The average Bonchev–Trinajstić information content (AvgIpc) is 2.68. The summed E-state index contributed by atoms with van der Waals surface area (Å²) in [5, 5.41) is 2.97. The van der Waals surface area contributed by atoms with Crippen molar-refractivity contribution in [2.24, 2.45) is 0 Å². The normalized spacial score (nSPS) is 10.9.